The van der Waals surface area contributed by atoms with Crippen LogP contribution in [0.2, 0.25) is 0 Å². The van der Waals surface area contributed by atoms with Gasteiger partial charge in [0.25, 0.3) is 0 Å². The van der Waals surface area contributed by atoms with Crippen molar-refractivity contribution in [1.82, 2.24) is 4.90 Å². The minimum Gasteiger partial charge on any atom is -0.296 e. The molecular formula is C15H22BrN. The van der Waals surface area contributed by atoms with Gasteiger partial charge < -0.3 is 0 Å². The molecule has 1 aliphatic heterocycles. The summed E-state index contributed by atoms with van der Waals surface area (Å²) in [5.74, 6) is 0. The standard InChI is InChI=1S/C15H22BrN/c1-2-5-15-6-3-4-11-17(15)12-13-7-9-14(16)10-8-13/h7-10,15H,2-6,11-12H2,1H3. The fourth-order valence-corrected chi connectivity index (χ4v) is 3.02. The third kappa shape index (κ3) is 3.82. The molecule has 0 aliphatic carbocycles. The monoisotopic (exact) mass is 295 g/mol. The highest BCUT2D eigenvalue weighted by Gasteiger charge is 2.21. The molecule has 1 aliphatic rings. The van der Waals surface area contributed by atoms with Crippen molar-refractivity contribution in [2.45, 2.75) is 51.6 Å². The van der Waals surface area contributed by atoms with E-state index in [0.29, 0.717) is 0 Å². The number of halogens is 1. The first-order valence-electron chi connectivity index (χ1n) is 6.78. The topological polar surface area (TPSA) is 3.24 Å². The second-order valence-electron chi connectivity index (χ2n) is 5.04. The van der Waals surface area contributed by atoms with Gasteiger partial charge in [-0.15, -0.1) is 0 Å². The van der Waals surface area contributed by atoms with Gasteiger partial charge in [0, 0.05) is 17.1 Å². The number of nitrogens with zero attached hydrogens (tertiary/aromatic N) is 1. The molecule has 0 radical (unpaired) electrons. The minimum absolute atomic E-state index is 0.817. The van der Waals surface area contributed by atoms with Crippen molar-refractivity contribution < 1.29 is 0 Å². The van der Waals surface area contributed by atoms with Gasteiger partial charge in [-0.3, -0.25) is 4.90 Å². The van der Waals surface area contributed by atoms with Crippen LogP contribution in [-0.4, -0.2) is 17.5 Å². The van der Waals surface area contributed by atoms with Crippen LogP contribution in [0.25, 0.3) is 0 Å². The fourth-order valence-electron chi connectivity index (χ4n) is 2.75. The van der Waals surface area contributed by atoms with Crippen LogP contribution in [0.4, 0.5) is 0 Å². The highest BCUT2D eigenvalue weighted by molar-refractivity contribution is 9.10. The van der Waals surface area contributed by atoms with E-state index in [1.165, 1.54) is 48.7 Å². The summed E-state index contributed by atoms with van der Waals surface area (Å²) < 4.78 is 1.17. The van der Waals surface area contributed by atoms with Crippen LogP contribution in [0.3, 0.4) is 0 Å². The van der Waals surface area contributed by atoms with E-state index in [1.54, 1.807) is 0 Å². The van der Waals surface area contributed by atoms with Gasteiger partial charge in [0.2, 0.25) is 0 Å². The molecule has 1 heterocycles. The summed E-state index contributed by atoms with van der Waals surface area (Å²) in [6, 6.07) is 9.59. The molecule has 2 rings (SSSR count). The maximum Gasteiger partial charge on any atom is 0.0236 e. The molecule has 0 bridgehead atoms. The van der Waals surface area contributed by atoms with Crippen molar-refractivity contribution >= 4 is 15.9 Å². The van der Waals surface area contributed by atoms with Gasteiger partial charge in [-0.05, 0) is 43.5 Å². The van der Waals surface area contributed by atoms with Gasteiger partial charge in [0.1, 0.15) is 0 Å². The molecule has 1 unspecified atom stereocenters. The predicted molar refractivity (Wildman–Crippen MR) is 77.1 cm³/mol. The highest BCUT2D eigenvalue weighted by atomic mass is 79.9. The number of benzene rings is 1. The molecule has 1 nitrogen and oxygen atoms in total. The molecule has 1 atom stereocenters. The molecule has 1 fully saturated rings. The quantitative estimate of drug-likeness (QED) is 0.784. The number of piperidine rings is 1. The summed E-state index contributed by atoms with van der Waals surface area (Å²) in [5, 5.41) is 0. The van der Waals surface area contributed by atoms with Gasteiger partial charge in [-0.1, -0.05) is 47.8 Å². The van der Waals surface area contributed by atoms with Gasteiger partial charge >= 0.3 is 0 Å². The van der Waals surface area contributed by atoms with Crippen LogP contribution in [0.15, 0.2) is 28.7 Å². The normalized spacial score (nSPS) is 21.6. The van der Waals surface area contributed by atoms with Crippen LogP contribution >= 0.6 is 15.9 Å². The molecule has 17 heavy (non-hydrogen) atoms. The van der Waals surface area contributed by atoms with Crippen molar-refractivity contribution in [2.75, 3.05) is 6.54 Å². The first kappa shape index (κ1) is 13.1. The Morgan fingerprint density at radius 1 is 1.24 bits per heavy atom. The lowest BCUT2D eigenvalue weighted by Gasteiger charge is -2.35. The average Bonchev–Trinajstić information content (AvgIpc) is 2.35. The van der Waals surface area contributed by atoms with E-state index in [9.17, 15) is 0 Å². The Labute approximate surface area is 113 Å². The van der Waals surface area contributed by atoms with E-state index >= 15 is 0 Å². The molecule has 1 aromatic rings. The Balaban J connectivity index is 1.97. The summed E-state index contributed by atoms with van der Waals surface area (Å²) >= 11 is 3.49. The zero-order valence-electron chi connectivity index (χ0n) is 10.7. The molecule has 0 N–H and O–H groups in total. The van der Waals surface area contributed by atoms with Crippen molar-refractivity contribution in [2.24, 2.45) is 0 Å². The number of hydrogen-bond donors (Lipinski definition) is 0. The van der Waals surface area contributed by atoms with Crippen molar-refractivity contribution in [3.63, 3.8) is 0 Å². The van der Waals surface area contributed by atoms with E-state index in [1.807, 2.05) is 0 Å². The van der Waals surface area contributed by atoms with Gasteiger partial charge in [-0.25, -0.2) is 0 Å². The molecule has 0 aromatic heterocycles. The van der Waals surface area contributed by atoms with Gasteiger partial charge in [0.15, 0.2) is 0 Å². The van der Waals surface area contributed by atoms with Crippen molar-refractivity contribution in [3.8, 4) is 0 Å². The van der Waals surface area contributed by atoms with Crippen LogP contribution in [0.1, 0.15) is 44.6 Å². The minimum atomic E-state index is 0.817. The summed E-state index contributed by atoms with van der Waals surface area (Å²) in [6.45, 7) is 4.70. The lowest BCUT2D eigenvalue weighted by atomic mass is 9.97. The first-order valence-corrected chi connectivity index (χ1v) is 7.57. The van der Waals surface area contributed by atoms with E-state index < -0.39 is 0 Å². The first-order chi connectivity index (χ1) is 8.29. The molecule has 1 aromatic carbocycles. The van der Waals surface area contributed by atoms with Crippen LogP contribution in [0.5, 0.6) is 0 Å². The van der Waals surface area contributed by atoms with E-state index in [0.717, 1.165) is 12.6 Å². The van der Waals surface area contributed by atoms with Crippen molar-refractivity contribution in [1.29, 1.82) is 0 Å². The fraction of sp³-hybridized carbons (Fsp3) is 0.600. The van der Waals surface area contributed by atoms with Gasteiger partial charge in [-0.2, -0.15) is 0 Å². The third-order valence-corrected chi connectivity index (χ3v) is 4.20. The lowest BCUT2D eigenvalue weighted by Crippen LogP contribution is -2.38. The van der Waals surface area contributed by atoms with Crippen molar-refractivity contribution in [3.05, 3.63) is 34.3 Å². The summed E-state index contributed by atoms with van der Waals surface area (Å²) in [7, 11) is 0. The Bertz CT molecular complexity index is 331. The van der Waals surface area contributed by atoms with Gasteiger partial charge in [0.05, 0.1) is 0 Å². The second-order valence-corrected chi connectivity index (χ2v) is 5.95. The second kappa shape index (κ2) is 6.55. The Kier molecular flexibility index (Phi) is 5.05. The molecule has 2 heteroatoms. The predicted octanol–water partition coefficient (Wildman–Crippen LogP) is 4.60. The Hall–Kier alpha value is -0.340. The SMILES string of the molecule is CCCC1CCCCN1Cc1ccc(Br)cc1. The molecule has 0 spiro atoms. The van der Waals surface area contributed by atoms with Crippen LogP contribution in [-0.2, 0) is 6.54 Å². The van der Waals surface area contributed by atoms with E-state index in [4.69, 9.17) is 0 Å². The lowest BCUT2D eigenvalue weighted by molar-refractivity contribution is 0.131. The molecule has 0 saturated carbocycles. The zero-order valence-corrected chi connectivity index (χ0v) is 12.2. The summed E-state index contributed by atoms with van der Waals surface area (Å²) in [6.07, 6.45) is 6.85. The summed E-state index contributed by atoms with van der Waals surface area (Å²) in [5.41, 5.74) is 1.44. The van der Waals surface area contributed by atoms with E-state index in [-0.39, 0.29) is 0 Å². The zero-order chi connectivity index (χ0) is 12.1. The maximum atomic E-state index is 3.49. The number of hydrogen-bond acceptors (Lipinski definition) is 1. The number of likely N-dealkylation sites (tertiary alicyclic amines) is 1. The number of rotatable bonds is 4. The molecule has 1 saturated heterocycles. The van der Waals surface area contributed by atoms with Crippen LogP contribution < -0.4 is 0 Å². The van der Waals surface area contributed by atoms with Crippen LogP contribution in [0, 0.1) is 0 Å². The highest BCUT2D eigenvalue weighted by Crippen LogP contribution is 2.23. The average molecular weight is 296 g/mol. The largest absolute Gasteiger partial charge is 0.296 e. The Morgan fingerprint density at radius 2 is 2.00 bits per heavy atom. The third-order valence-electron chi connectivity index (χ3n) is 3.67. The smallest absolute Gasteiger partial charge is 0.0236 e. The molecule has 94 valence electrons. The summed E-state index contributed by atoms with van der Waals surface area (Å²) in [4.78, 5) is 2.68. The molecule has 0 amide bonds. The van der Waals surface area contributed by atoms with E-state index in [2.05, 4.69) is 52.0 Å². The Morgan fingerprint density at radius 3 is 2.71 bits per heavy atom. The molecular weight excluding hydrogens is 274 g/mol. The maximum absolute atomic E-state index is 3.49.